The van der Waals surface area contributed by atoms with Gasteiger partial charge in [-0.25, -0.2) is 0 Å². The largest absolute Gasteiger partial charge is 0.316 e. The summed E-state index contributed by atoms with van der Waals surface area (Å²) in [6.45, 7) is 4.57. The molecule has 0 saturated carbocycles. The van der Waals surface area contributed by atoms with E-state index in [0.29, 0.717) is 0 Å². The van der Waals surface area contributed by atoms with Gasteiger partial charge in [0.15, 0.2) is 0 Å². The highest BCUT2D eigenvalue weighted by molar-refractivity contribution is 9.13. The second-order valence-electron chi connectivity index (χ2n) is 5.16. The van der Waals surface area contributed by atoms with Gasteiger partial charge in [0.1, 0.15) is 0 Å². The molecule has 0 aromatic heterocycles. The van der Waals surface area contributed by atoms with E-state index in [1.165, 1.54) is 38.0 Å². The summed E-state index contributed by atoms with van der Waals surface area (Å²) in [5, 5.41) is 3.48. The third-order valence-electron chi connectivity index (χ3n) is 3.41. The monoisotopic (exact) mass is 374 g/mol. The smallest absolute Gasteiger partial charge is 0.0320 e. The summed E-state index contributed by atoms with van der Waals surface area (Å²) in [6.07, 6.45) is 2.68. The summed E-state index contributed by atoms with van der Waals surface area (Å²) in [4.78, 5) is 2.42. The van der Waals surface area contributed by atoms with E-state index in [1.807, 2.05) is 0 Å². The van der Waals surface area contributed by atoms with Crippen LogP contribution in [0.3, 0.4) is 0 Å². The van der Waals surface area contributed by atoms with Crippen LogP contribution >= 0.6 is 31.9 Å². The molecule has 0 spiro atoms. The molecule has 1 saturated heterocycles. The topological polar surface area (TPSA) is 15.3 Å². The van der Waals surface area contributed by atoms with Crippen LogP contribution in [-0.4, -0.2) is 31.6 Å². The van der Waals surface area contributed by atoms with Gasteiger partial charge in [-0.15, -0.1) is 0 Å². The predicted octanol–water partition coefficient (Wildman–Crippen LogP) is 3.64. The van der Waals surface area contributed by atoms with Gasteiger partial charge in [-0.3, -0.25) is 0 Å². The first kappa shape index (κ1) is 14.5. The molecule has 1 atom stereocenters. The fraction of sp³-hybridized carbons (Fsp3) is 0.571. The molecule has 1 fully saturated rings. The van der Waals surface area contributed by atoms with Crippen molar-refractivity contribution in [3.8, 4) is 0 Å². The molecule has 1 aromatic rings. The van der Waals surface area contributed by atoms with Crippen molar-refractivity contribution >= 4 is 31.9 Å². The number of nitrogens with one attached hydrogen (secondary N) is 1. The Kier molecular flexibility index (Phi) is 5.67. The number of nitrogens with zero attached hydrogens (tertiary/aromatic N) is 1. The second-order valence-corrected chi connectivity index (χ2v) is 6.87. The summed E-state index contributed by atoms with van der Waals surface area (Å²) in [5.74, 6) is 0.808. The van der Waals surface area contributed by atoms with Crippen LogP contribution < -0.4 is 5.32 Å². The second kappa shape index (κ2) is 7.04. The molecule has 1 aliphatic heterocycles. The van der Waals surface area contributed by atoms with E-state index in [-0.39, 0.29) is 0 Å². The fourth-order valence-electron chi connectivity index (χ4n) is 2.53. The lowest BCUT2D eigenvalue weighted by Gasteiger charge is -2.27. The Hall–Kier alpha value is 0.1000. The molecule has 0 amide bonds. The van der Waals surface area contributed by atoms with E-state index in [2.05, 4.69) is 67.3 Å². The van der Waals surface area contributed by atoms with E-state index in [9.17, 15) is 0 Å². The minimum Gasteiger partial charge on any atom is -0.316 e. The minimum absolute atomic E-state index is 0.808. The van der Waals surface area contributed by atoms with E-state index in [1.54, 1.807) is 0 Å². The molecule has 2 rings (SSSR count). The van der Waals surface area contributed by atoms with Crippen LogP contribution in [0.1, 0.15) is 18.4 Å². The lowest BCUT2D eigenvalue weighted by molar-refractivity contribution is 0.237. The average molecular weight is 376 g/mol. The number of hydrogen-bond donors (Lipinski definition) is 1. The zero-order valence-corrected chi connectivity index (χ0v) is 13.9. The van der Waals surface area contributed by atoms with Gasteiger partial charge in [0, 0.05) is 22.0 Å². The van der Waals surface area contributed by atoms with Crippen LogP contribution in [0.2, 0.25) is 0 Å². The Morgan fingerprint density at radius 2 is 2.17 bits per heavy atom. The average Bonchev–Trinajstić information content (AvgIpc) is 2.35. The molecular weight excluding hydrogens is 356 g/mol. The summed E-state index contributed by atoms with van der Waals surface area (Å²) < 4.78 is 2.25. The minimum atomic E-state index is 0.808. The first-order chi connectivity index (χ1) is 8.65. The van der Waals surface area contributed by atoms with Gasteiger partial charge >= 0.3 is 0 Å². The molecular formula is C14H20Br2N2. The molecule has 2 nitrogen and oxygen atoms in total. The Morgan fingerprint density at radius 3 is 2.83 bits per heavy atom. The van der Waals surface area contributed by atoms with E-state index < -0.39 is 0 Å². The van der Waals surface area contributed by atoms with Gasteiger partial charge in [-0.1, -0.05) is 6.07 Å². The van der Waals surface area contributed by atoms with Crippen LogP contribution in [0.15, 0.2) is 27.1 Å². The van der Waals surface area contributed by atoms with Crippen molar-refractivity contribution in [3.63, 3.8) is 0 Å². The number of hydrogen-bond acceptors (Lipinski definition) is 2. The van der Waals surface area contributed by atoms with E-state index in [4.69, 9.17) is 0 Å². The maximum atomic E-state index is 3.56. The highest BCUT2D eigenvalue weighted by atomic mass is 79.9. The summed E-state index contributed by atoms with van der Waals surface area (Å²) in [5.41, 5.74) is 1.36. The number of halogens is 2. The van der Waals surface area contributed by atoms with Crippen LogP contribution in [-0.2, 0) is 6.54 Å². The van der Waals surface area contributed by atoms with Crippen LogP contribution in [0.25, 0.3) is 0 Å². The summed E-state index contributed by atoms with van der Waals surface area (Å²) >= 11 is 7.07. The summed E-state index contributed by atoms with van der Waals surface area (Å²) in [7, 11) is 2.21. The van der Waals surface area contributed by atoms with Crippen molar-refractivity contribution in [2.45, 2.75) is 19.4 Å². The molecule has 100 valence electrons. The van der Waals surface area contributed by atoms with Crippen molar-refractivity contribution in [3.05, 3.63) is 32.7 Å². The molecule has 1 N–H and O–H groups in total. The Bertz CT molecular complexity index is 389. The maximum Gasteiger partial charge on any atom is 0.0320 e. The van der Waals surface area contributed by atoms with E-state index in [0.717, 1.165) is 21.4 Å². The SMILES string of the molecule is CN(Cc1ccc(Br)c(Br)c1)CC1CCCNC1. The van der Waals surface area contributed by atoms with Gasteiger partial charge in [-0.05, 0) is 88.5 Å². The fourth-order valence-corrected chi connectivity index (χ4v) is 3.21. The van der Waals surface area contributed by atoms with Crippen LogP contribution in [0.5, 0.6) is 0 Å². The standard InChI is InChI=1S/C14H20Br2N2/c1-18(10-12-3-2-6-17-8-12)9-11-4-5-13(15)14(16)7-11/h4-5,7,12,17H,2-3,6,8-10H2,1H3. The Morgan fingerprint density at radius 1 is 1.33 bits per heavy atom. The number of benzene rings is 1. The molecule has 1 unspecified atom stereocenters. The predicted molar refractivity (Wildman–Crippen MR) is 83.8 cm³/mol. The van der Waals surface area contributed by atoms with Gasteiger partial charge in [0.25, 0.3) is 0 Å². The van der Waals surface area contributed by atoms with Crippen molar-refractivity contribution in [1.82, 2.24) is 10.2 Å². The van der Waals surface area contributed by atoms with Gasteiger partial charge in [0.2, 0.25) is 0 Å². The Balaban J connectivity index is 1.85. The van der Waals surface area contributed by atoms with Gasteiger partial charge in [0.05, 0.1) is 0 Å². The molecule has 1 aliphatic rings. The zero-order chi connectivity index (χ0) is 13.0. The maximum absolute atomic E-state index is 3.56. The molecule has 0 bridgehead atoms. The molecule has 1 aromatic carbocycles. The highest BCUT2D eigenvalue weighted by Gasteiger charge is 2.15. The number of piperidine rings is 1. The molecule has 1 heterocycles. The zero-order valence-electron chi connectivity index (χ0n) is 10.8. The third kappa shape index (κ3) is 4.34. The summed E-state index contributed by atoms with van der Waals surface area (Å²) in [6, 6.07) is 6.49. The van der Waals surface area contributed by atoms with Crippen LogP contribution in [0, 0.1) is 5.92 Å². The van der Waals surface area contributed by atoms with Gasteiger partial charge < -0.3 is 10.2 Å². The highest BCUT2D eigenvalue weighted by Crippen LogP contribution is 2.24. The van der Waals surface area contributed by atoms with Crippen LogP contribution in [0.4, 0.5) is 0 Å². The van der Waals surface area contributed by atoms with Gasteiger partial charge in [-0.2, -0.15) is 0 Å². The Labute approximate surface area is 126 Å². The molecule has 0 aliphatic carbocycles. The normalized spacial score (nSPS) is 20.3. The third-order valence-corrected chi connectivity index (χ3v) is 5.28. The number of rotatable bonds is 4. The van der Waals surface area contributed by atoms with Crippen molar-refractivity contribution in [2.75, 3.05) is 26.7 Å². The van der Waals surface area contributed by atoms with Crippen molar-refractivity contribution < 1.29 is 0 Å². The quantitative estimate of drug-likeness (QED) is 0.864. The lowest BCUT2D eigenvalue weighted by atomic mass is 9.99. The van der Waals surface area contributed by atoms with E-state index >= 15 is 0 Å². The molecule has 0 radical (unpaired) electrons. The molecule has 18 heavy (non-hydrogen) atoms. The lowest BCUT2D eigenvalue weighted by Crippen LogP contribution is -2.36. The van der Waals surface area contributed by atoms with Crippen molar-refractivity contribution in [2.24, 2.45) is 5.92 Å². The first-order valence-corrected chi connectivity index (χ1v) is 8.07. The van der Waals surface area contributed by atoms with Crippen molar-refractivity contribution in [1.29, 1.82) is 0 Å². The molecule has 4 heteroatoms. The first-order valence-electron chi connectivity index (χ1n) is 6.48.